The molecular weight excluding hydrogens is 399 g/mol. The van der Waals surface area contributed by atoms with Crippen LogP contribution in [-0.2, 0) is 17.8 Å². The number of hydrogen-bond donors (Lipinski definition) is 1. The minimum atomic E-state index is -0.327. The third kappa shape index (κ3) is 5.50. The smallest absolute Gasteiger partial charge is 0.230 e. The Bertz CT molecular complexity index is 996. The first-order valence-electron chi connectivity index (χ1n) is 10.1. The molecule has 0 spiro atoms. The van der Waals surface area contributed by atoms with Crippen molar-refractivity contribution in [1.29, 1.82) is 0 Å². The van der Waals surface area contributed by atoms with E-state index >= 15 is 0 Å². The lowest BCUT2D eigenvalue weighted by molar-refractivity contribution is -0.115. The highest BCUT2D eigenvalue weighted by atomic mass is 32.1. The molecule has 30 heavy (non-hydrogen) atoms. The predicted octanol–water partition coefficient (Wildman–Crippen LogP) is 3.88. The van der Waals surface area contributed by atoms with Gasteiger partial charge in [-0.05, 0) is 42.9 Å². The van der Waals surface area contributed by atoms with Crippen molar-refractivity contribution in [3.05, 3.63) is 71.0 Å². The highest BCUT2D eigenvalue weighted by Crippen LogP contribution is 2.25. The second-order valence-electron chi connectivity index (χ2n) is 7.66. The van der Waals surface area contributed by atoms with Gasteiger partial charge in [-0.15, -0.1) is 11.3 Å². The van der Waals surface area contributed by atoms with Crippen molar-refractivity contribution < 1.29 is 9.18 Å². The maximum absolute atomic E-state index is 13.0. The quantitative estimate of drug-likeness (QED) is 0.653. The first-order valence-corrected chi connectivity index (χ1v) is 10.9. The van der Waals surface area contributed by atoms with E-state index in [9.17, 15) is 9.18 Å². The number of benzene rings is 2. The van der Waals surface area contributed by atoms with Gasteiger partial charge in [0, 0.05) is 49.4 Å². The van der Waals surface area contributed by atoms with Crippen LogP contribution in [-0.4, -0.2) is 53.9 Å². The van der Waals surface area contributed by atoms with Gasteiger partial charge < -0.3 is 10.2 Å². The summed E-state index contributed by atoms with van der Waals surface area (Å²) in [6.07, 6.45) is 0.189. The zero-order valence-electron chi connectivity index (χ0n) is 17.0. The number of carbonyl (C=O) groups is 1. The molecule has 0 atom stereocenters. The van der Waals surface area contributed by atoms with Gasteiger partial charge in [-0.3, -0.25) is 9.69 Å². The molecule has 1 amide bonds. The Morgan fingerprint density at radius 1 is 1.13 bits per heavy atom. The van der Waals surface area contributed by atoms with Crippen LogP contribution in [0.3, 0.4) is 0 Å². The summed E-state index contributed by atoms with van der Waals surface area (Å²) in [6.45, 7) is 5.33. The summed E-state index contributed by atoms with van der Waals surface area (Å²) >= 11 is 1.55. The number of aromatic nitrogens is 1. The molecule has 1 fully saturated rings. The highest BCUT2D eigenvalue weighted by molar-refractivity contribution is 7.13. The van der Waals surface area contributed by atoms with E-state index in [2.05, 4.69) is 51.4 Å². The van der Waals surface area contributed by atoms with E-state index in [1.54, 1.807) is 23.5 Å². The van der Waals surface area contributed by atoms with Crippen LogP contribution in [0.25, 0.3) is 10.6 Å². The molecule has 1 aliphatic rings. The Hall–Kier alpha value is -2.61. The lowest BCUT2D eigenvalue weighted by atomic mass is 10.1. The van der Waals surface area contributed by atoms with Crippen molar-refractivity contribution in [3.8, 4) is 10.6 Å². The number of amides is 1. The number of anilines is 1. The standard InChI is InChI=1S/C23H25FN4OS/c1-27-9-11-28(12-10-27)15-17-3-2-4-18(13-17)23-26-21(16-30-23)14-22(29)25-20-7-5-19(24)6-8-20/h2-8,13,16H,9-12,14-15H2,1H3,(H,25,29). The molecule has 2 heterocycles. The van der Waals surface area contributed by atoms with Crippen LogP contribution in [0, 0.1) is 5.82 Å². The second-order valence-corrected chi connectivity index (χ2v) is 8.51. The zero-order chi connectivity index (χ0) is 20.9. The van der Waals surface area contributed by atoms with Gasteiger partial charge >= 0.3 is 0 Å². The first-order chi connectivity index (χ1) is 14.5. The van der Waals surface area contributed by atoms with Crippen molar-refractivity contribution in [3.63, 3.8) is 0 Å². The fraction of sp³-hybridized carbons (Fsp3) is 0.304. The van der Waals surface area contributed by atoms with E-state index in [4.69, 9.17) is 0 Å². The minimum Gasteiger partial charge on any atom is -0.326 e. The molecular formula is C23H25FN4OS. The number of carbonyl (C=O) groups excluding carboxylic acids is 1. The van der Waals surface area contributed by atoms with Gasteiger partial charge in [-0.1, -0.05) is 18.2 Å². The molecule has 1 saturated heterocycles. The van der Waals surface area contributed by atoms with Gasteiger partial charge in [-0.25, -0.2) is 9.37 Å². The number of nitrogens with one attached hydrogen (secondary N) is 1. The van der Waals surface area contributed by atoms with Crippen molar-refractivity contribution >= 4 is 22.9 Å². The maximum Gasteiger partial charge on any atom is 0.230 e. The normalized spacial score (nSPS) is 15.3. The van der Waals surface area contributed by atoms with Gasteiger partial charge in [0.1, 0.15) is 10.8 Å². The van der Waals surface area contributed by atoms with Crippen LogP contribution in [0.5, 0.6) is 0 Å². The first kappa shape index (κ1) is 20.7. The third-order valence-corrected chi connectivity index (χ3v) is 6.14. The van der Waals surface area contributed by atoms with E-state index in [0.29, 0.717) is 5.69 Å². The summed E-state index contributed by atoms with van der Waals surface area (Å²) in [4.78, 5) is 21.7. The molecule has 0 saturated carbocycles. The van der Waals surface area contributed by atoms with Crippen molar-refractivity contribution in [2.45, 2.75) is 13.0 Å². The van der Waals surface area contributed by atoms with Gasteiger partial charge in [0.25, 0.3) is 0 Å². The van der Waals surface area contributed by atoms with Crippen LogP contribution in [0.4, 0.5) is 10.1 Å². The molecule has 3 aromatic rings. The number of halogens is 1. The molecule has 4 rings (SSSR count). The topological polar surface area (TPSA) is 48.5 Å². The highest BCUT2D eigenvalue weighted by Gasteiger charge is 2.15. The molecule has 7 heteroatoms. The van der Waals surface area contributed by atoms with Gasteiger partial charge in [0.05, 0.1) is 12.1 Å². The molecule has 2 aromatic carbocycles. The Labute approximate surface area is 180 Å². The molecule has 0 unspecified atom stereocenters. The Morgan fingerprint density at radius 2 is 1.90 bits per heavy atom. The van der Waals surface area contributed by atoms with E-state index < -0.39 is 0 Å². The van der Waals surface area contributed by atoms with Crippen molar-refractivity contribution in [2.75, 3.05) is 38.5 Å². The SMILES string of the molecule is CN1CCN(Cc2cccc(-c3nc(CC(=O)Nc4ccc(F)cc4)cs3)c2)CC1. The molecule has 0 radical (unpaired) electrons. The summed E-state index contributed by atoms with van der Waals surface area (Å²) in [5, 5.41) is 5.61. The zero-order valence-corrected chi connectivity index (χ0v) is 17.8. The number of nitrogens with zero attached hydrogens (tertiary/aromatic N) is 3. The van der Waals surface area contributed by atoms with Crippen LogP contribution >= 0.6 is 11.3 Å². The van der Waals surface area contributed by atoms with Gasteiger partial charge in [0.2, 0.25) is 5.91 Å². The van der Waals surface area contributed by atoms with Crippen molar-refractivity contribution in [2.24, 2.45) is 0 Å². The molecule has 156 valence electrons. The van der Waals surface area contributed by atoms with Gasteiger partial charge in [-0.2, -0.15) is 0 Å². The second kappa shape index (κ2) is 9.47. The van der Waals surface area contributed by atoms with E-state index in [0.717, 1.165) is 49.0 Å². The monoisotopic (exact) mass is 424 g/mol. The number of thiazole rings is 1. The van der Waals surface area contributed by atoms with Gasteiger partial charge in [0.15, 0.2) is 0 Å². The number of hydrogen-bond acceptors (Lipinski definition) is 5. The van der Waals surface area contributed by atoms with E-state index in [1.165, 1.54) is 17.7 Å². The third-order valence-electron chi connectivity index (χ3n) is 5.20. The molecule has 5 nitrogen and oxygen atoms in total. The summed E-state index contributed by atoms with van der Waals surface area (Å²) in [5.74, 6) is -0.491. The van der Waals surface area contributed by atoms with E-state index in [-0.39, 0.29) is 18.1 Å². The maximum atomic E-state index is 13.0. The molecule has 1 aromatic heterocycles. The lowest BCUT2D eigenvalue weighted by Crippen LogP contribution is -2.43. The molecule has 0 aliphatic carbocycles. The molecule has 1 aliphatic heterocycles. The predicted molar refractivity (Wildman–Crippen MR) is 119 cm³/mol. The van der Waals surface area contributed by atoms with Crippen LogP contribution < -0.4 is 5.32 Å². The van der Waals surface area contributed by atoms with Crippen LogP contribution in [0.1, 0.15) is 11.3 Å². The Kier molecular flexibility index (Phi) is 6.52. The van der Waals surface area contributed by atoms with Crippen LogP contribution in [0.15, 0.2) is 53.9 Å². The van der Waals surface area contributed by atoms with E-state index in [1.807, 2.05) is 5.38 Å². The summed E-state index contributed by atoms with van der Waals surface area (Å²) in [5.41, 5.74) is 3.67. The lowest BCUT2D eigenvalue weighted by Gasteiger charge is -2.32. The summed E-state index contributed by atoms with van der Waals surface area (Å²) in [6, 6.07) is 14.2. The number of piperazine rings is 1. The number of likely N-dealkylation sites (N-methyl/N-ethyl adjacent to an activating group) is 1. The summed E-state index contributed by atoms with van der Waals surface area (Å²) < 4.78 is 13.0. The largest absolute Gasteiger partial charge is 0.326 e. The average molecular weight is 425 g/mol. The summed E-state index contributed by atoms with van der Waals surface area (Å²) in [7, 11) is 2.16. The Morgan fingerprint density at radius 3 is 2.67 bits per heavy atom. The fourth-order valence-electron chi connectivity index (χ4n) is 3.49. The fourth-order valence-corrected chi connectivity index (χ4v) is 4.31. The Balaban J connectivity index is 1.37. The number of rotatable bonds is 6. The molecule has 1 N–H and O–H groups in total. The minimum absolute atomic E-state index is 0.165. The van der Waals surface area contributed by atoms with Crippen molar-refractivity contribution in [1.82, 2.24) is 14.8 Å². The molecule has 0 bridgehead atoms. The van der Waals surface area contributed by atoms with Crippen LogP contribution in [0.2, 0.25) is 0 Å². The average Bonchev–Trinajstić information content (AvgIpc) is 3.20.